The molecule has 0 fully saturated rings. The van der Waals surface area contributed by atoms with Crippen molar-refractivity contribution in [2.75, 3.05) is 19.8 Å². The fraction of sp³-hybridized carbons (Fsp3) is 0.900. The summed E-state index contributed by atoms with van der Waals surface area (Å²) in [4.78, 5) is 11.1. The molecule has 0 atom stereocenters. The van der Waals surface area contributed by atoms with Crippen LogP contribution < -0.4 is 5.32 Å². The molecule has 0 aromatic carbocycles. The summed E-state index contributed by atoms with van der Waals surface area (Å²) >= 11 is 0. The molecular weight excluding hydrogens is 166 g/mol. The van der Waals surface area contributed by atoms with Crippen molar-refractivity contribution in [3.8, 4) is 0 Å². The first-order chi connectivity index (χ1) is 5.95. The van der Waals surface area contributed by atoms with Crippen molar-refractivity contribution in [3.63, 3.8) is 0 Å². The largest absolute Gasteiger partial charge is 0.372 e. The quantitative estimate of drug-likeness (QED) is 0.709. The lowest BCUT2D eigenvalue weighted by atomic mass is 9.92. The SMILES string of the molecule is CCOCC(=O)NCCC(C)(C)C. The number of rotatable bonds is 5. The lowest BCUT2D eigenvalue weighted by Crippen LogP contribution is -2.30. The molecule has 0 aliphatic carbocycles. The third-order valence-electron chi connectivity index (χ3n) is 1.63. The van der Waals surface area contributed by atoms with Gasteiger partial charge in [0.25, 0.3) is 0 Å². The van der Waals surface area contributed by atoms with Crippen molar-refractivity contribution < 1.29 is 9.53 Å². The van der Waals surface area contributed by atoms with Crippen LogP contribution >= 0.6 is 0 Å². The Morgan fingerprint density at radius 3 is 2.46 bits per heavy atom. The van der Waals surface area contributed by atoms with Crippen LogP contribution in [0.1, 0.15) is 34.1 Å². The zero-order valence-corrected chi connectivity index (χ0v) is 9.14. The van der Waals surface area contributed by atoms with Gasteiger partial charge in [0.15, 0.2) is 0 Å². The predicted octanol–water partition coefficient (Wildman–Crippen LogP) is 1.58. The van der Waals surface area contributed by atoms with E-state index >= 15 is 0 Å². The molecule has 0 saturated carbocycles. The molecule has 3 nitrogen and oxygen atoms in total. The molecule has 0 aliphatic heterocycles. The number of hydrogen-bond acceptors (Lipinski definition) is 2. The molecule has 0 unspecified atom stereocenters. The number of ether oxygens (including phenoxy) is 1. The lowest BCUT2D eigenvalue weighted by Gasteiger charge is -2.17. The lowest BCUT2D eigenvalue weighted by molar-refractivity contribution is -0.125. The molecule has 0 radical (unpaired) electrons. The molecule has 13 heavy (non-hydrogen) atoms. The minimum atomic E-state index is -0.0221. The topological polar surface area (TPSA) is 38.3 Å². The third-order valence-corrected chi connectivity index (χ3v) is 1.63. The van der Waals surface area contributed by atoms with E-state index in [4.69, 9.17) is 4.74 Å². The maximum atomic E-state index is 11.1. The first kappa shape index (κ1) is 12.4. The van der Waals surface area contributed by atoms with Gasteiger partial charge < -0.3 is 10.1 Å². The van der Waals surface area contributed by atoms with E-state index in [1.165, 1.54) is 0 Å². The maximum absolute atomic E-state index is 11.1. The molecule has 0 aromatic rings. The molecule has 0 aliphatic rings. The Morgan fingerprint density at radius 2 is 2.00 bits per heavy atom. The average molecular weight is 187 g/mol. The second-order valence-corrected chi connectivity index (χ2v) is 4.30. The Bertz CT molecular complexity index is 149. The Labute approximate surface area is 80.8 Å². The van der Waals surface area contributed by atoms with E-state index in [1.54, 1.807) is 0 Å². The number of carbonyl (C=O) groups is 1. The fourth-order valence-corrected chi connectivity index (χ4v) is 0.823. The summed E-state index contributed by atoms with van der Waals surface area (Å²) in [6, 6.07) is 0. The molecule has 0 rings (SSSR count). The minimum Gasteiger partial charge on any atom is -0.372 e. The van der Waals surface area contributed by atoms with E-state index in [0.29, 0.717) is 6.61 Å². The molecule has 0 aromatic heterocycles. The molecule has 0 heterocycles. The molecule has 1 amide bonds. The highest BCUT2D eigenvalue weighted by Crippen LogP contribution is 2.16. The number of hydrogen-bond donors (Lipinski definition) is 1. The van der Waals surface area contributed by atoms with Crippen LogP contribution in [0.4, 0.5) is 0 Å². The highest BCUT2D eigenvalue weighted by atomic mass is 16.5. The maximum Gasteiger partial charge on any atom is 0.245 e. The Kier molecular flexibility index (Phi) is 5.71. The fourth-order valence-electron chi connectivity index (χ4n) is 0.823. The molecule has 78 valence electrons. The Morgan fingerprint density at radius 1 is 1.38 bits per heavy atom. The smallest absolute Gasteiger partial charge is 0.245 e. The first-order valence-corrected chi connectivity index (χ1v) is 4.80. The van der Waals surface area contributed by atoms with E-state index < -0.39 is 0 Å². The van der Waals surface area contributed by atoms with Crippen molar-refractivity contribution in [1.29, 1.82) is 0 Å². The molecule has 1 N–H and O–H groups in total. The second-order valence-electron chi connectivity index (χ2n) is 4.30. The van der Waals surface area contributed by atoms with Crippen LogP contribution in [0.2, 0.25) is 0 Å². The van der Waals surface area contributed by atoms with Gasteiger partial charge in [0.05, 0.1) is 0 Å². The van der Waals surface area contributed by atoms with Gasteiger partial charge in [-0.2, -0.15) is 0 Å². The van der Waals surface area contributed by atoms with Crippen LogP contribution in [-0.2, 0) is 9.53 Å². The van der Waals surface area contributed by atoms with Gasteiger partial charge in [-0.1, -0.05) is 20.8 Å². The van der Waals surface area contributed by atoms with Crippen LogP contribution in [0.15, 0.2) is 0 Å². The predicted molar refractivity (Wildman–Crippen MR) is 53.6 cm³/mol. The average Bonchev–Trinajstić information content (AvgIpc) is 1.98. The van der Waals surface area contributed by atoms with Crippen LogP contribution in [-0.4, -0.2) is 25.7 Å². The van der Waals surface area contributed by atoms with Crippen molar-refractivity contribution >= 4 is 5.91 Å². The highest BCUT2D eigenvalue weighted by Gasteiger charge is 2.09. The zero-order valence-electron chi connectivity index (χ0n) is 9.14. The van der Waals surface area contributed by atoms with Crippen molar-refractivity contribution in [1.82, 2.24) is 5.32 Å². The summed E-state index contributed by atoms with van der Waals surface area (Å²) in [6.45, 7) is 9.84. The summed E-state index contributed by atoms with van der Waals surface area (Å²) in [5, 5.41) is 2.81. The standard InChI is InChI=1S/C10H21NO2/c1-5-13-8-9(12)11-7-6-10(2,3)4/h5-8H2,1-4H3,(H,11,12). The third kappa shape index (κ3) is 9.34. The van der Waals surface area contributed by atoms with Gasteiger partial charge in [-0.25, -0.2) is 0 Å². The monoisotopic (exact) mass is 187 g/mol. The van der Waals surface area contributed by atoms with Gasteiger partial charge in [0.1, 0.15) is 6.61 Å². The van der Waals surface area contributed by atoms with E-state index in [0.717, 1.165) is 13.0 Å². The van der Waals surface area contributed by atoms with Crippen molar-refractivity contribution in [3.05, 3.63) is 0 Å². The molecule has 0 bridgehead atoms. The molecular formula is C10H21NO2. The Balaban J connectivity index is 3.37. The van der Waals surface area contributed by atoms with Gasteiger partial charge in [-0.3, -0.25) is 4.79 Å². The molecule has 0 saturated heterocycles. The van der Waals surface area contributed by atoms with E-state index in [1.807, 2.05) is 6.92 Å². The molecule has 3 heteroatoms. The van der Waals surface area contributed by atoms with E-state index in [-0.39, 0.29) is 17.9 Å². The second kappa shape index (κ2) is 5.97. The number of amides is 1. The van der Waals surface area contributed by atoms with E-state index in [2.05, 4.69) is 26.1 Å². The van der Waals surface area contributed by atoms with Crippen molar-refractivity contribution in [2.24, 2.45) is 5.41 Å². The summed E-state index contributed by atoms with van der Waals surface area (Å²) in [5.41, 5.74) is 0.277. The summed E-state index contributed by atoms with van der Waals surface area (Å²) < 4.78 is 4.97. The zero-order chi connectivity index (χ0) is 10.3. The summed E-state index contributed by atoms with van der Waals surface area (Å²) in [6.07, 6.45) is 0.991. The number of carbonyl (C=O) groups excluding carboxylic acids is 1. The Hall–Kier alpha value is -0.570. The normalized spacial score (nSPS) is 11.4. The van der Waals surface area contributed by atoms with Gasteiger partial charge >= 0.3 is 0 Å². The van der Waals surface area contributed by atoms with Gasteiger partial charge in [0, 0.05) is 13.2 Å². The van der Waals surface area contributed by atoms with Crippen LogP contribution in [0, 0.1) is 5.41 Å². The van der Waals surface area contributed by atoms with Gasteiger partial charge in [-0.05, 0) is 18.8 Å². The summed E-state index contributed by atoms with van der Waals surface area (Å²) in [5.74, 6) is -0.0221. The number of nitrogens with one attached hydrogen (secondary N) is 1. The van der Waals surface area contributed by atoms with Gasteiger partial charge in [0.2, 0.25) is 5.91 Å². The minimum absolute atomic E-state index is 0.0221. The van der Waals surface area contributed by atoms with Gasteiger partial charge in [-0.15, -0.1) is 0 Å². The summed E-state index contributed by atoms with van der Waals surface area (Å²) in [7, 11) is 0. The van der Waals surface area contributed by atoms with Crippen molar-refractivity contribution in [2.45, 2.75) is 34.1 Å². The first-order valence-electron chi connectivity index (χ1n) is 4.80. The van der Waals surface area contributed by atoms with Crippen LogP contribution in [0.5, 0.6) is 0 Å². The van der Waals surface area contributed by atoms with E-state index in [9.17, 15) is 4.79 Å². The highest BCUT2D eigenvalue weighted by molar-refractivity contribution is 5.77. The molecule has 0 spiro atoms. The van der Waals surface area contributed by atoms with Crippen LogP contribution in [0.3, 0.4) is 0 Å². The van der Waals surface area contributed by atoms with Crippen LogP contribution in [0.25, 0.3) is 0 Å².